The minimum absolute atomic E-state index is 0.00601. The van der Waals surface area contributed by atoms with Crippen LogP contribution in [0.1, 0.15) is 10.4 Å². The topological polar surface area (TPSA) is 107 Å². The summed E-state index contributed by atoms with van der Waals surface area (Å²) in [6, 6.07) is 10.9. The van der Waals surface area contributed by atoms with Crippen molar-refractivity contribution in [3.8, 4) is 6.07 Å². The van der Waals surface area contributed by atoms with Gasteiger partial charge in [0, 0.05) is 4.88 Å². The van der Waals surface area contributed by atoms with Gasteiger partial charge in [0.1, 0.15) is 10.3 Å². The first-order chi connectivity index (χ1) is 9.92. The number of nitrogens with zero attached hydrogens (tertiary/aromatic N) is 1. The van der Waals surface area contributed by atoms with Crippen molar-refractivity contribution >= 4 is 33.0 Å². The van der Waals surface area contributed by atoms with E-state index in [0.717, 1.165) is 11.3 Å². The fraction of sp³-hybridized carbons (Fsp3) is 0.0769. The van der Waals surface area contributed by atoms with Crippen LogP contribution in [0.2, 0.25) is 0 Å². The predicted molar refractivity (Wildman–Crippen MR) is 77.6 cm³/mol. The number of hydrogen-bond acceptors (Lipinski definition) is 5. The highest BCUT2D eigenvalue weighted by atomic mass is 32.2. The smallest absolute Gasteiger partial charge is 0.308 e. The van der Waals surface area contributed by atoms with Crippen molar-refractivity contribution in [2.75, 3.05) is 4.72 Å². The van der Waals surface area contributed by atoms with Crippen LogP contribution in [0, 0.1) is 11.3 Å². The van der Waals surface area contributed by atoms with E-state index in [1.807, 2.05) is 6.07 Å². The number of aliphatic carboxylic acids is 1. The zero-order chi connectivity index (χ0) is 15.5. The summed E-state index contributed by atoms with van der Waals surface area (Å²) in [5.74, 6) is -1.02. The number of para-hydroxylation sites is 1. The highest BCUT2D eigenvalue weighted by molar-refractivity contribution is 7.94. The average Bonchev–Trinajstić information content (AvgIpc) is 2.87. The minimum atomic E-state index is -3.84. The van der Waals surface area contributed by atoms with E-state index in [4.69, 9.17) is 10.4 Å². The molecule has 0 unspecified atom stereocenters. The summed E-state index contributed by atoms with van der Waals surface area (Å²) in [6.07, 6.45) is -0.227. The second-order valence-corrected chi connectivity index (χ2v) is 7.13. The molecule has 0 aliphatic heterocycles. The molecule has 1 aromatic heterocycles. The number of rotatable bonds is 5. The molecule has 0 aliphatic rings. The van der Waals surface area contributed by atoms with Crippen LogP contribution in [-0.4, -0.2) is 19.5 Å². The number of carboxylic acid groups (broad SMARTS) is 1. The molecule has 0 amide bonds. The number of carbonyl (C=O) groups is 1. The van der Waals surface area contributed by atoms with Gasteiger partial charge in [-0.15, -0.1) is 11.3 Å². The van der Waals surface area contributed by atoms with Gasteiger partial charge in [0.15, 0.2) is 0 Å². The number of hydrogen-bond donors (Lipinski definition) is 2. The van der Waals surface area contributed by atoms with E-state index >= 15 is 0 Å². The summed E-state index contributed by atoms with van der Waals surface area (Å²) in [5, 5.41) is 17.6. The van der Waals surface area contributed by atoms with Crippen molar-refractivity contribution in [3.05, 3.63) is 46.8 Å². The van der Waals surface area contributed by atoms with Crippen LogP contribution in [0.25, 0.3) is 0 Å². The highest BCUT2D eigenvalue weighted by Crippen LogP contribution is 2.25. The molecule has 1 heterocycles. The van der Waals surface area contributed by atoms with Gasteiger partial charge in [0.05, 0.1) is 17.7 Å². The first-order valence-electron chi connectivity index (χ1n) is 5.75. The van der Waals surface area contributed by atoms with E-state index in [9.17, 15) is 13.2 Å². The third-order valence-electron chi connectivity index (χ3n) is 2.52. The maximum Gasteiger partial charge on any atom is 0.308 e. The molecule has 0 saturated heterocycles. The summed E-state index contributed by atoms with van der Waals surface area (Å²) < 4.78 is 26.8. The Balaban J connectivity index is 2.28. The fourth-order valence-electron chi connectivity index (χ4n) is 1.61. The quantitative estimate of drug-likeness (QED) is 0.876. The van der Waals surface area contributed by atoms with Gasteiger partial charge >= 0.3 is 5.97 Å². The van der Waals surface area contributed by atoms with Gasteiger partial charge in [-0.1, -0.05) is 12.1 Å². The Morgan fingerprint density at radius 2 is 2.00 bits per heavy atom. The van der Waals surface area contributed by atoms with Crippen LogP contribution in [0.4, 0.5) is 5.69 Å². The molecule has 2 N–H and O–H groups in total. The third-order valence-corrected chi connectivity index (χ3v) is 5.46. The molecule has 2 aromatic rings. The predicted octanol–water partition coefficient (Wildman–Crippen LogP) is 2.05. The summed E-state index contributed by atoms with van der Waals surface area (Å²) in [5.41, 5.74) is 0.400. The SMILES string of the molecule is N#Cc1ccccc1NS(=O)(=O)c1ccc(CC(=O)O)s1. The number of carboxylic acids is 1. The lowest BCUT2D eigenvalue weighted by molar-refractivity contribution is -0.136. The van der Waals surface area contributed by atoms with Crippen LogP contribution < -0.4 is 4.72 Å². The maximum atomic E-state index is 12.2. The molecule has 8 heteroatoms. The second-order valence-electron chi connectivity index (χ2n) is 4.05. The standard InChI is InChI=1S/C13H10N2O4S2/c14-8-9-3-1-2-4-11(9)15-21(18,19)13-6-5-10(20-13)7-12(16)17/h1-6,15H,7H2,(H,16,17). The Hall–Kier alpha value is -2.37. The van der Waals surface area contributed by atoms with Gasteiger partial charge in [0.25, 0.3) is 10.0 Å². The lowest BCUT2D eigenvalue weighted by Gasteiger charge is -2.07. The zero-order valence-corrected chi connectivity index (χ0v) is 12.2. The number of nitriles is 1. The van der Waals surface area contributed by atoms with Crippen molar-refractivity contribution in [2.24, 2.45) is 0 Å². The largest absolute Gasteiger partial charge is 0.481 e. The van der Waals surface area contributed by atoms with Crippen LogP contribution in [0.3, 0.4) is 0 Å². The molecule has 0 aliphatic carbocycles. The number of benzene rings is 1. The lowest BCUT2D eigenvalue weighted by Crippen LogP contribution is -2.12. The van der Waals surface area contributed by atoms with Gasteiger partial charge < -0.3 is 5.11 Å². The first-order valence-corrected chi connectivity index (χ1v) is 8.05. The second kappa shape index (κ2) is 5.95. The number of sulfonamides is 1. The van der Waals surface area contributed by atoms with Crippen molar-refractivity contribution in [1.29, 1.82) is 5.26 Å². The van der Waals surface area contributed by atoms with Gasteiger partial charge in [-0.3, -0.25) is 9.52 Å². The van der Waals surface area contributed by atoms with Crippen molar-refractivity contribution < 1.29 is 18.3 Å². The van der Waals surface area contributed by atoms with E-state index in [1.165, 1.54) is 24.3 Å². The highest BCUT2D eigenvalue weighted by Gasteiger charge is 2.19. The minimum Gasteiger partial charge on any atom is -0.481 e. The Bertz CT molecular complexity index is 819. The van der Waals surface area contributed by atoms with E-state index in [2.05, 4.69) is 4.72 Å². The third kappa shape index (κ3) is 3.59. The molecule has 0 saturated carbocycles. The lowest BCUT2D eigenvalue weighted by atomic mass is 10.2. The molecule has 6 nitrogen and oxygen atoms in total. The molecule has 1 aromatic carbocycles. The first kappa shape index (κ1) is 15.0. The molecule has 21 heavy (non-hydrogen) atoms. The Kier molecular flexibility index (Phi) is 4.26. The normalized spacial score (nSPS) is 10.8. The average molecular weight is 322 g/mol. The Labute approximate surface area is 125 Å². The van der Waals surface area contributed by atoms with E-state index in [0.29, 0.717) is 4.88 Å². The maximum absolute atomic E-state index is 12.2. The van der Waals surface area contributed by atoms with Crippen molar-refractivity contribution in [2.45, 2.75) is 10.6 Å². The van der Waals surface area contributed by atoms with Gasteiger partial charge in [0.2, 0.25) is 0 Å². The number of thiophene rings is 1. The summed E-state index contributed by atoms with van der Waals surface area (Å²) in [6.45, 7) is 0. The Morgan fingerprint density at radius 1 is 1.29 bits per heavy atom. The monoisotopic (exact) mass is 322 g/mol. The molecule has 2 rings (SSSR count). The Morgan fingerprint density at radius 3 is 2.67 bits per heavy atom. The van der Waals surface area contributed by atoms with Gasteiger partial charge in [-0.25, -0.2) is 8.42 Å². The van der Waals surface area contributed by atoms with Crippen LogP contribution in [0.5, 0.6) is 0 Å². The molecule has 0 bridgehead atoms. The van der Waals surface area contributed by atoms with Crippen LogP contribution in [-0.2, 0) is 21.2 Å². The van der Waals surface area contributed by atoms with E-state index in [1.54, 1.807) is 12.1 Å². The van der Waals surface area contributed by atoms with E-state index in [-0.39, 0.29) is 21.9 Å². The molecule has 0 fully saturated rings. The summed E-state index contributed by atoms with van der Waals surface area (Å²) in [7, 11) is -3.84. The molecule has 0 spiro atoms. The van der Waals surface area contributed by atoms with Crippen LogP contribution in [0.15, 0.2) is 40.6 Å². The number of anilines is 1. The molecular formula is C13H10N2O4S2. The summed E-state index contributed by atoms with van der Waals surface area (Å²) >= 11 is 0.887. The van der Waals surface area contributed by atoms with Crippen molar-refractivity contribution in [3.63, 3.8) is 0 Å². The molecule has 108 valence electrons. The molecule has 0 atom stereocenters. The van der Waals surface area contributed by atoms with Gasteiger partial charge in [-0.2, -0.15) is 5.26 Å². The van der Waals surface area contributed by atoms with Crippen molar-refractivity contribution in [1.82, 2.24) is 0 Å². The van der Waals surface area contributed by atoms with E-state index < -0.39 is 16.0 Å². The molecular weight excluding hydrogens is 312 g/mol. The van der Waals surface area contributed by atoms with Gasteiger partial charge in [-0.05, 0) is 24.3 Å². The summed E-state index contributed by atoms with van der Waals surface area (Å²) in [4.78, 5) is 11.0. The molecule has 0 radical (unpaired) electrons. The number of nitrogens with one attached hydrogen (secondary N) is 1. The van der Waals surface area contributed by atoms with Crippen LogP contribution >= 0.6 is 11.3 Å². The zero-order valence-electron chi connectivity index (χ0n) is 10.6. The fourth-order valence-corrected chi connectivity index (χ4v) is 4.04.